The van der Waals surface area contributed by atoms with Crippen molar-refractivity contribution in [3.63, 3.8) is 0 Å². The molecule has 17 heavy (non-hydrogen) atoms. The molecule has 0 unspecified atom stereocenters. The fourth-order valence-electron chi connectivity index (χ4n) is 1.36. The van der Waals surface area contributed by atoms with Crippen molar-refractivity contribution in [2.45, 2.75) is 6.61 Å². The maximum Gasteiger partial charge on any atom is 0.168 e. The van der Waals surface area contributed by atoms with E-state index in [0.717, 1.165) is 4.47 Å². The van der Waals surface area contributed by atoms with Crippen LogP contribution in [0.3, 0.4) is 0 Å². The van der Waals surface area contributed by atoms with Crippen molar-refractivity contribution in [3.05, 3.63) is 52.5 Å². The summed E-state index contributed by atoms with van der Waals surface area (Å²) in [7, 11) is 0. The van der Waals surface area contributed by atoms with Crippen molar-refractivity contribution in [2.24, 2.45) is 0 Å². The van der Waals surface area contributed by atoms with Gasteiger partial charge in [-0.05, 0) is 28.1 Å². The van der Waals surface area contributed by atoms with Gasteiger partial charge >= 0.3 is 0 Å². The average molecular weight is 298 g/mol. The molecule has 2 aromatic rings. The van der Waals surface area contributed by atoms with Gasteiger partial charge in [0, 0.05) is 16.2 Å². The molecular weight excluding hydrogens is 289 g/mol. The first-order valence-electron chi connectivity index (χ1n) is 4.87. The van der Waals surface area contributed by atoms with Gasteiger partial charge in [0.2, 0.25) is 0 Å². The van der Waals surface area contributed by atoms with Crippen molar-refractivity contribution < 1.29 is 14.2 Å². The summed E-state index contributed by atoms with van der Waals surface area (Å²) in [6, 6.07) is 6.07. The number of ether oxygens (including phenoxy) is 1. The van der Waals surface area contributed by atoms with Crippen LogP contribution in [0.1, 0.15) is 5.56 Å². The van der Waals surface area contributed by atoms with Gasteiger partial charge in [-0.2, -0.15) is 0 Å². The maximum absolute atomic E-state index is 13.6. The topological polar surface area (TPSA) is 42.4 Å². The Bertz CT molecular complexity index is 534. The second-order valence-electron chi connectivity index (χ2n) is 3.33. The summed E-state index contributed by atoms with van der Waals surface area (Å²) in [6.07, 6.45) is 3.07. The molecule has 0 bridgehead atoms. The maximum atomic E-state index is 13.6. The predicted octanol–water partition coefficient (Wildman–Crippen LogP) is 3.27. The molecule has 2 rings (SSSR count). The van der Waals surface area contributed by atoms with Crippen LogP contribution in [0.5, 0.6) is 11.5 Å². The Kier molecular flexibility index (Phi) is 3.71. The van der Waals surface area contributed by atoms with Crippen molar-refractivity contribution in [1.29, 1.82) is 0 Å². The van der Waals surface area contributed by atoms with E-state index in [-0.39, 0.29) is 12.4 Å². The van der Waals surface area contributed by atoms with Gasteiger partial charge in [0.05, 0.1) is 12.8 Å². The summed E-state index contributed by atoms with van der Waals surface area (Å²) in [6.45, 7) is -0.283. The molecule has 0 aliphatic heterocycles. The highest BCUT2D eigenvalue weighted by Crippen LogP contribution is 2.29. The molecule has 0 amide bonds. The van der Waals surface area contributed by atoms with Crippen molar-refractivity contribution in [2.75, 3.05) is 0 Å². The fourth-order valence-corrected chi connectivity index (χ4v) is 1.70. The SMILES string of the molecule is OCc1cccc(F)c1Oc1cncc(Br)c1. The van der Waals surface area contributed by atoms with Crippen LogP contribution in [0.4, 0.5) is 4.39 Å². The van der Waals surface area contributed by atoms with E-state index >= 15 is 0 Å². The number of para-hydroxylation sites is 1. The highest BCUT2D eigenvalue weighted by atomic mass is 79.9. The third kappa shape index (κ3) is 2.81. The van der Waals surface area contributed by atoms with E-state index in [2.05, 4.69) is 20.9 Å². The minimum Gasteiger partial charge on any atom is -0.452 e. The number of benzene rings is 1. The molecule has 0 saturated carbocycles. The van der Waals surface area contributed by atoms with Crippen molar-refractivity contribution in [3.8, 4) is 11.5 Å². The van der Waals surface area contributed by atoms with Gasteiger partial charge in [-0.25, -0.2) is 4.39 Å². The molecule has 0 radical (unpaired) electrons. The lowest BCUT2D eigenvalue weighted by Gasteiger charge is -2.10. The summed E-state index contributed by atoms with van der Waals surface area (Å²) >= 11 is 3.24. The zero-order valence-corrected chi connectivity index (χ0v) is 10.3. The number of rotatable bonds is 3. The summed E-state index contributed by atoms with van der Waals surface area (Å²) < 4.78 is 19.7. The van der Waals surface area contributed by atoms with Crippen LogP contribution in [-0.2, 0) is 6.61 Å². The first-order chi connectivity index (χ1) is 8.20. The third-order valence-corrected chi connectivity index (χ3v) is 2.55. The number of hydrogen-bond donors (Lipinski definition) is 1. The number of aliphatic hydroxyl groups excluding tert-OH is 1. The van der Waals surface area contributed by atoms with E-state index in [0.29, 0.717) is 11.3 Å². The Morgan fingerprint density at radius 3 is 2.88 bits per heavy atom. The Labute approximate surface area is 106 Å². The van der Waals surface area contributed by atoms with Crippen LogP contribution < -0.4 is 4.74 Å². The number of aromatic nitrogens is 1. The molecule has 3 nitrogen and oxygen atoms in total. The molecule has 88 valence electrons. The van der Waals surface area contributed by atoms with E-state index in [4.69, 9.17) is 9.84 Å². The molecule has 5 heteroatoms. The highest BCUT2D eigenvalue weighted by molar-refractivity contribution is 9.10. The molecule has 0 fully saturated rings. The molecule has 0 spiro atoms. The molecule has 0 saturated heterocycles. The molecule has 0 aliphatic carbocycles. The second kappa shape index (κ2) is 5.25. The number of aliphatic hydroxyl groups is 1. The lowest BCUT2D eigenvalue weighted by atomic mass is 10.2. The van der Waals surface area contributed by atoms with Crippen LogP contribution in [-0.4, -0.2) is 10.1 Å². The molecule has 1 aromatic carbocycles. The van der Waals surface area contributed by atoms with Crippen LogP contribution in [0.25, 0.3) is 0 Å². The summed E-state index contributed by atoms with van der Waals surface area (Å²) in [5, 5.41) is 9.10. The number of pyridine rings is 1. The monoisotopic (exact) mass is 297 g/mol. The van der Waals surface area contributed by atoms with E-state index in [1.807, 2.05) is 0 Å². The second-order valence-corrected chi connectivity index (χ2v) is 4.24. The Morgan fingerprint density at radius 1 is 1.35 bits per heavy atom. The van der Waals surface area contributed by atoms with Gasteiger partial charge in [0.25, 0.3) is 0 Å². The predicted molar refractivity (Wildman–Crippen MR) is 64.3 cm³/mol. The van der Waals surface area contributed by atoms with Crippen molar-refractivity contribution >= 4 is 15.9 Å². The molecular formula is C12H9BrFNO2. The van der Waals surface area contributed by atoms with Crippen LogP contribution in [0.2, 0.25) is 0 Å². The summed E-state index contributed by atoms with van der Waals surface area (Å²) in [5.41, 5.74) is 0.393. The first kappa shape index (κ1) is 12.0. The smallest absolute Gasteiger partial charge is 0.168 e. The van der Waals surface area contributed by atoms with Crippen molar-refractivity contribution in [1.82, 2.24) is 4.98 Å². The fraction of sp³-hybridized carbons (Fsp3) is 0.0833. The van der Waals surface area contributed by atoms with Gasteiger partial charge in [-0.15, -0.1) is 0 Å². The van der Waals surface area contributed by atoms with E-state index in [9.17, 15) is 4.39 Å². The zero-order chi connectivity index (χ0) is 12.3. The highest BCUT2D eigenvalue weighted by Gasteiger charge is 2.10. The number of halogens is 2. The van der Waals surface area contributed by atoms with Gasteiger partial charge in [-0.1, -0.05) is 12.1 Å². The van der Waals surface area contributed by atoms with Crippen LogP contribution in [0.15, 0.2) is 41.1 Å². The summed E-state index contributed by atoms with van der Waals surface area (Å²) in [4.78, 5) is 3.91. The average Bonchev–Trinajstić information content (AvgIpc) is 2.32. The Balaban J connectivity index is 2.35. The van der Waals surface area contributed by atoms with Gasteiger partial charge in [0.1, 0.15) is 5.75 Å². The number of nitrogens with zero attached hydrogens (tertiary/aromatic N) is 1. The van der Waals surface area contributed by atoms with E-state index in [1.54, 1.807) is 18.3 Å². The zero-order valence-electron chi connectivity index (χ0n) is 8.73. The normalized spacial score (nSPS) is 10.3. The minimum atomic E-state index is -0.517. The van der Waals surface area contributed by atoms with Gasteiger partial charge < -0.3 is 9.84 Å². The number of hydrogen-bond acceptors (Lipinski definition) is 3. The lowest BCUT2D eigenvalue weighted by molar-refractivity contribution is 0.274. The van der Waals surface area contributed by atoms with E-state index in [1.165, 1.54) is 18.3 Å². The van der Waals surface area contributed by atoms with E-state index < -0.39 is 5.82 Å². The molecule has 1 N–H and O–H groups in total. The molecule has 1 heterocycles. The Morgan fingerprint density at radius 2 is 2.18 bits per heavy atom. The lowest BCUT2D eigenvalue weighted by Crippen LogP contribution is -1.95. The molecule has 0 atom stereocenters. The van der Waals surface area contributed by atoms with Gasteiger partial charge in [0.15, 0.2) is 11.6 Å². The van der Waals surface area contributed by atoms with Gasteiger partial charge in [-0.3, -0.25) is 4.98 Å². The molecule has 1 aromatic heterocycles. The first-order valence-corrected chi connectivity index (χ1v) is 5.66. The third-order valence-electron chi connectivity index (χ3n) is 2.12. The summed E-state index contributed by atoms with van der Waals surface area (Å²) in [5.74, 6) is -0.0920. The Hall–Kier alpha value is -1.46. The van der Waals surface area contributed by atoms with Crippen LogP contribution >= 0.6 is 15.9 Å². The largest absolute Gasteiger partial charge is 0.452 e. The minimum absolute atomic E-state index is 0.0231. The quantitative estimate of drug-likeness (QED) is 0.945. The molecule has 0 aliphatic rings. The standard InChI is InChI=1S/C12H9BrFNO2/c13-9-4-10(6-15-5-9)17-12-8(7-16)2-1-3-11(12)14/h1-6,16H,7H2. The van der Waals surface area contributed by atoms with Crippen LogP contribution in [0, 0.1) is 5.82 Å².